The van der Waals surface area contributed by atoms with E-state index in [0.717, 1.165) is 11.3 Å². The Kier molecular flexibility index (Phi) is 5.82. The van der Waals surface area contributed by atoms with Crippen molar-refractivity contribution in [2.75, 3.05) is 17.7 Å². The van der Waals surface area contributed by atoms with Gasteiger partial charge in [0.25, 0.3) is 5.91 Å². The summed E-state index contributed by atoms with van der Waals surface area (Å²) < 4.78 is 9.43. The summed E-state index contributed by atoms with van der Waals surface area (Å²) >= 11 is 2.49. The van der Waals surface area contributed by atoms with Crippen LogP contribution in [0.25, 0.3) is 11.3 Å². The first-order chi connectivity index (χ1) is 13.0. The number of rotatable bonds is 6. The minimum Gasteiger partial charge on any atom is -0.449 e. The van der Waals surface area contributed by atoms with E-state index in [1.165, 1.54) is 29.8 Å². The molecule has 3 rings (SSSR count). The number of nitrogens with one attached hydrogen (secondary N) is 2. The molecule has 0 aliphatic heterocycles. The van der Waals surface area contributed by atoms with Gasteiger partial charge < -0.3 is 10.1 Å². The van der Waals surface area contributed by atoms with Crippen molar-refractivity contribution in [3.8, 4) is 11.3 Å². The van der Waals surface area contributed by atoms with E-state index in [-0.39, 0.29) is 0 Å². The lowest BCUT2D eigenvalue weighted by atomic mass is 10.2. The second-order valence-electron chi connectivity index (χ2n) is 5.66. The maximum atomic E-state index is 12.4. The van der Waals surface area contributed by atoms with E-state index in [1.807, 2.05) is 35.7 Å². The van der Waals surface area contributed by atoms with Crippen molar-refractivity contribution in [2.24, 2.45) is 0 Å². The van der Waals surface area contributed by atoms with Gasteiger partial charge >= 0.3 is 5.97 Å². The molecule has 2 aromatic heterocycles. The molecule has 7 nitrogen and oxygen atoms in total. The third-order valence-electron chi connectivity index (χ3n) is 3.75. The molecular formula is C18H18N4O3S2. The Morgan fingerprint density at radius 2 is 1.96 bits per heavy atom. The fourth-order valence-corrected chi connectivity index (χ4v) is 3.79. The van der Waals surface area contributed by atoms with E-state index in [0.29, 0.717) is 21.4 Å². The molecule has 0 saturated heterocycles. The smallest absolute Gasteiger partial charge is 0.343 e. The maximum Gasteiger partial charge on any atom is 0.343 e. The lowest BCUT2D eigenvalue weighted by molar-refractivity contribution is -0.123. The molecule has 0 spiro atoms. The van der Waals surface area contributed by atoms with Crippen molar-refractivity contribution >= 4 is 44.9 Å². The highest BCUT2D eigenvalue weighted by Crippen LogP contribution is 2.26. The molecule has 9 heteroatoms. The first-order valence-corrected chi connectivity index (χ1v) is 9.81. The number of ether oxygens (including phenoxy) is 1. The Labute approximate surface area is 164 Å². The van der Waals surface area contributed by atoms with Gasteiger partial charge in [-0.1, -0.05) is 30.3 Å². The van der Waals surface area contributed by atoms with E-state index < -0.39 is 18.0 Å². The highest BCUT2D eigenvalue weighted by Gasteiger charge is 2.24. The fourth-order valence-electron chi connectivity index (χ4n) is 2.33. The molecule has 27 heavy (non-hydrogen) atoms. The maximum absolute atomic E-state index is 12.4. The van der Waals surface area contributed by atoms with Gasteiger partial charge in [0.2, 0.25) is 0 Å². The number of aryl methyl sites for hydroxylation is 1. The summed E-state index contributed by atoms with van der Waals surface area (Å²) in [5.41, 5.74) is 2.66. The number of esters is 1. The largest absolute Gasteiger partial charge is 0.449 e. The van der Waals surface area contributed by atoms with Gasteiger partial charge in [-0.2, -0.15) is 4.37 Å². The average Bonchev–Trinajstić information content (AvgIpc) is 3.28. The van der Waals surface area contributed by atoms with Gasteiger partial charge in [-0.25, -0.2) is 9.78 Å². The minimum absolute atomic E-state index is 0.350. The zero-order chi connectivity index (χ0) is 19.4. The number of aromatic nitrogens is 2. The monoisotopic (exact) mass is 402 g/mol. The molecule has 0 bridgehead atoms. The summed E-state index contributed by atoms with van der Waals surface area (Å²) in [4.78, 5) is 29.1. The summed E-state index contributed by atoms with van der Waals surface area (Å²) in [6.07, 6.45) is -0.967. The molecule has 1 atom stereocenters. The summed E-state index contributed by atoms with van der Waals surface area (Å²) in [6, 6.07) is 9.67. The molecular weight excluding hydrogens is 384 g/mol. The van der Waals surface area contributed by atoms with Crippen LogP contribution in [0.4, 0.5) is 10.1 Å². The van der Waals surface area contributed by atoms with E-state index in [2.05, 4.69) is 20.0 Å². The van der Waals surface area contributed by atoms with Gasteiger partial charge in [0.1, 0.15) is 10.6 Å². The van der Waals surface area contributed by atoms with Crippen LogP contribution in [0.5, 0.6) is 0 Å². The molecule has 140 valence electrons. The van der Waals surface area contributed by atoms with E-state index >= 15 is 0 Å². The van der Waals surface area contributed by atoms with Gasteiger partial charge in [0.05, 0.1) is 11.4 Å². The van der Waals surface area contributed by atoms with Crippen LogP contribution in [-0.4, -0.2) is 34.4 Å². The number of benzene rings is 1. The van der Waals surface area contributed by atoms with Gasteiger partial charge in [-0.15, -0.1) is 11.3 Å². The summed E-state index contributed by atoms with van der Waals surface area (Å²) in [5.74, 6) is -1.03. The molecule has 2 N–H and O–H groups in total. The number of nitrogens with zero attached hydrogens (tertiary/aromatic N) is 2. The lowest BCUT2D eigenvalue weighted by Crippen LogP contribution is -2.30. The average molecular weight is 403 g/mol. The van der Waals surface area contributed by atoms with Crippen molar-refractivity contribution in [1.29, 1.82) is 0 Å². The molecule has 0 aliphatic rings. The molecule has 1 unspecified atom stereocenters. The van der Waals surface area contributed by atoms with Crippen LogP contribution in [0.1, 0.15) is 23.0 Å². The van der Waals surface area contributed by atoms with Crippen molar-refractivity contribution in [2.45, 2.75) is 20.0 Å². The van der Waals surface area contributed by atoms with E-state index in [1.54, 1.807) is 14.0 Å². The number of carbonyl (C=O) groups is 2. The SMILES string of the molecule is CNc1snc(C)c1C(=O)OC(C)C(=O)Nc1nc(-c2ccccc2)cs1. The number of hydrogen-bond donors (Lipinski definition) is 2. The van der Waals surface area contributed by atoms with Gasteiger partial charge in [0.15, 0.2) is 11.2 Å². The number of carbonyl (C=O) groups excluding carboxylic acids is 2. The molecule has 0 radical (unpaired) electrons. The highest BCUT2D eigenvalue weighted by molar-refractivity contribution is 7.14. The highest BCUT2D eigenvalue weighted by atomic mass is 32.1. The summed E-state index contributed by atoms with van der Waals surface area (Å²) in [7, 11) is 1.70. The zero-order valence-electron chi connectivity index (χ0n) is 15.0. The molecule has 1 amide bonds. The van der Waals surface area contributed by atoms with Gasteiger partial charge in [-0.3, -0.25) is 10.1 Å². The third kappa shape index (κ3) is 4.32. The van der Waals surface area contributed by atoms with Gasteiger partial charge in [0, 0.05) is 18.0 Å². The Balaban J connectivity index is 1.63. The van der Waals surface area contributed by atoms with Gasteiger partial charge in [-0.05, 0) is 25.4 Å². The molecule has 0 fully saturated rings. The van der Waals surface area contributed by atoms with Crippen LogP contribution >= 0.6 is 22.9 Å². The standard InChI is InChI=1S/C18H18N4O3S2/c1-10-14(16(19-3)27-22-10)17(24)25-11(2)15(23)21-18-20-13(9-26-18)12-7-5-4-6-8-12/h4-9,11,19H,1-3H3,(H,20,21,23). The fraction of sp³-hybridized carbons (Fsp3) is 0.222. The number of thiazole rings is 1. The quantitative estimate of drug-likeness (QED) is 0.609. The van der Waals surface area contributed by atoms with E-state index in [9.17, 15) is 9.59 Å². The molecule has 1 aromatic carbocycles. The number of hydrogen-bond acceptors (Lipinski definition) is 8. The lowest BCUT2D eigenvalue weighted by Gasteiger charge is -2.12. The Morgan fingerprint density at radius 3 is 2.67 bits per heavy atom. The second-order valence-corrected chi connectivity index (χ2v) is 7.29. The van der Waals surface area contributed by atoms with Crippen LogP contribution in [0, 0.1) is 6.92 Å². The zero-order valence-corrected chi connectivity index (χ0v) is 16.6. The first-order valence-electron chi connectivity index (χ1n) is 8.16. The van der Waals surface area contributed by atoms with Crippen LogP contribution in [0.3, 0.4) is 0 Å². The predicted octanol–water partition coefficient (Wildman–Crippen LogP) is 3.80. The molecule has 3 aromatic rings. The van der Waals surface area contributed by atoms with Crippen LogP contribution in [-0.2, 0) is 9.53 Å². The van der Waals surface area contributed by atoms with Crippen LogP contribution < -0.4 is 10.6 Å². The Hall–Kier alpha value is -2.78. The minimum atomic E-state index is -0.967. The third-order valence-corrected chi connectivity index (χ3v) is 5.46. The molecule has 0 aliphatic carbocycles. The van der Waals surface area contributed by atoms with Crippen molar-refractivity contribution < 1.29 is 14.3 Å². The van der Waals surface area contributed by atoms with Crippen LogP contribution in [0.2, 0.25) is 0 Å². The van der Waals surface area contributed by atoms with Crippen molar-refractivity contribution in [3.05, 3.63) is 47.0 Å². The number of anilines is 2. The Morgan fingerprint density at radius 1 is 1.22 bits per heavy atom. The summed E-state index contributed by atoms with van der Waals surface area (Å²) in [6.45, 7) is 3.24. The Bertz CT molecular complexity index is 953. The second kappa shape index (κ2) is 8.28. The van der Waals surface area contributed by atoms with Crippen molar-refractivity contribution in [1.82, 2.24) is 9.36 Å². The number of amides is 1. The summed E-state index contributed by atoms with van der Waals surface area (Å²) in [5, 5.41) is 8.51. The predicted molar refractivity (Wildman–Crippen MR) is 107 cm³/mol. The van der Waals surface area contributed by atoms with Crippen LogP contribution in [0.15, 0.2) is 35.7 Å². The van der Waals surface area contributed by atoms with E-state index in [4.69, 9.17) is 4.74 Å². The molecule has 0 saturated carbocycles. The topological polar surface area (TPSA) is 93.2 Å². The normalized spacial score (nSPS) is 11.7. The van der Waals surface area contributed by atoms with Crippen molar-refractivity contribution in [3.63, 3.8) is 0 Å². The molecule has 2 heterocycles. The first kappa shape index (κ1) is 19.0.